The van der Waals surface area contributed by atoms with Gasteiger partial charge in [-0.3, -0.25) is 0 Å². The zero-order chi connectivity index (χ0) is 10.8. The van der Waals surface area contributed by atoms with Crippen LogP contribution in [0.2, 0.25) is 0 Å². The fourth-order valence-electron chi connectivity index (χ4n) is 2.29. The van der Waals surface area contributed by atoms with Gasteiger partial charge in [0.2, 0.25) is 0 Å². The first kappa shape index (κ1) is 11.6. The van der Waals surface area contributed by atoms with E-state index in [4.69, 9.17) is 0 Å². The molecule has 1 aromatic rings. The molecule has 1 aromatic heterocycles. The molecule has 0 aliphatic heterocycles. The predicted octanol–water partition coefficient (Wildman–Crippen LogP) is 4.00. The molecule has 1 saturated carbocycles. The lowest BCUT2D eigenvalue weighted by Crippen LogP contribution is -2.47. The van der Waals surface area contributed by atoms with Crippen molar-refractivity contribution in [1.82, 2.24) is 5.32 Å². The van der Waals surface area contributed by atoms with Crippen molar-refractivity contribution in [1.29, 1.82) is 0 Å². The molecule has 3 unspecified atom stereocenters. The number of hydrogen-bond acceptors (Lipinski definition) is 2. The summed E-state index contributed by atoms with van der Waals surface area (Å²) < 4.78 is 1.26. The molecule has 1 fully saturated rings. The maximum atomic E-state index is 3.62. The van der Waals surface area contributed by atoms with E-state index >= 15 is 0 Å². The monoisotopic (exact) mass is 287 g/mol. The molecule has 84 valence electrons. The average Bonchev–Trinajstić information content (AvgIpc) is 2.62. The summed E-state index contributed by atoms with van der Waals surface area (Å²) in [6, 6.07) is 5.18. The highest BCUT2D eigenvalue weighted by Crippen LogP contribution is 2.45. The van der Waals surface area contributed by atoms with Crippen LogP contribution in [0.25, 0.3) is 0 Å². The molecule has 0 amide bonds. The Labute approximate surface area is 104 Å². The summed E-state index contributed by atoms with van der Waals surface area (Å²) in [7, 11) is 0. The van der Waals surface area contributed by atoms with E-state index in [1.165, 1.54) is 16.6 Å². The first-order valence-electron chi connectivity index (χ1n) is 5.71. The van der Waals surface area contributed by atoms with Crippen molar-refractivity contribution in [2.45, 2.75) is 38.6 Å². The van der Waals surface area contributed by atoms with Crippen molar-refractivity contribution in [2.24, 2.45) is 5.92 Å². The average molecular weight is 288 g/mol. The minimum absolute atomic E-state index is 0.746. The first-order chi connectivity index (χ1) is 7.22. The van der Waals surface area contributed by atoms with Crippen LogP contribution in [0.15, 0.2) is 15.9 Å². The van der Waals surface area contributed by atoms with E-state index in [1.807, 2.05) is 11.3 Å². The van der Waals surface area contributed by atoms with E-state index in [0.717, 1.165) is 24.4 Å². The van der Waals surface area contributed by atoms with Crippen molar-refractivity contribution in [3.63, 3.8) is 0 Å². The molecule has 3 atom stereocenters. The SMILES string of the molecule is CCCNC1CC(c2ccc(Br)s2)C1C. The van der Waals surface area contributed by atoms with Gasteiger partial charge in [0.1, 0.15) is 0 Å². The summed E-state index contributed by atoms with van der Waals surface area (Å²) in [6.45, 7) is 5.76. The van der Waals surface area contributed by atoms with Crippen LogP contribution in [0.1, 0.15) is 37.5 Å². The van der Waals surface area contributed by atoms with Crippen LogP contribution in [0.4, 0.5) is 0 Å². The van der Waals surface area contributed by atoms with E-state index in [1.54, 1.807) is 4.88 Å². The van der Waals surface area contributed by atoms with Gasteiger partial charge in [-0.05, 0) is 59.3 Å². The number of thiophene rings is 1. The summed E-state index contributed by atoms with van der Waals surface area (Å²) in [4.78, 5) is 1.55. The van der Waals surface area contributed by atoms with Gasteiger partial charge in [-0.2, -0.15) is 0 Å². The third-order valence-corrected chi connectivity index (χ3v) is 5.15. The van der Waals surface area contributed by atoms with Crippen molar-refractivity contribution >= 4 is 27.3 Å². The molecule has 0 spiro atoms. The predicted molar refractivity (Wildman–Crippen MR) is 70.6 cm³/mol. The van der Waals surface area contributed by atoms with Crippen molar-refractivity contribution in [3.8, 4) is 0 Å². The quantitative estimate of drug-likeness (QED) is 0.883. The fourth-order valence-corrected chi connectivity index (χ4v) is 3.94. The Morgan fingerprint density at radius 3 is 2.87 bits per heavy atom. The van der Waals surface area contributed by atoms with Gasteiger partial charge < -0.3 is 5.32 Å². The minimum atomic E-state index is 0.746. The van der Waals surface area contributed by atoms with Gasteiger partial charge in [-0.1, -0.05) is 13.8 Å². The van der Waals surface area contributed by atoms with E-state index in [2.05, 4.69) is 47.2 Å². The molecule has 1 nitrogen and oxygen atoms in total. The molecular formula is C12H18BrNS. The second kappa shape index (κ2) is 4.98. The number of hydrogen-bond donors (Lipinski definition) is 1. The van der Waals surface area contributed by atoms with Crippen LogP contribution in [-0.4, -0.2) is 12.6 Å². The molecule has 0 saturated heterocycles. The van der Waals surface area contributed by atoms with E-state index in [9.17, 15) is 0 Å². The summed E-state index contributed by atoms with van der Waals surface area (Å²) in [6.07, 6.45) is 2.55. The van der Waals surface area contributed by atoms with Gasteiger partial charge in [0, 0.05) is 10.9 Å². The molecule has 2 rings (SSSR count). The summed E-state index contributed by atoms with van der Waals surface area (Å²) >= 11 is 5.42. The summed E-state index contributed by atoms with van der Waals surface area (Å²) in [5, 5.41) is 3.62. The van der Waals surface area contributed by atoms with Crippen molar-refractivity contribution in [2.75, 3.05) is 6.54 Å². The van der Waals surface area contributed by atoms with Crippen LogP contribution in [0.5, 0.6) is 0 Å². The highest BCUT2D eigenvalue weighted by molar-refractivity contribution is 9.11. The molecule has 0 aromatic carbocycles. The Bertz CT molecular complexity index is 323. The summed E-state index contributed by atoms with van der Waals surface area (Å²) in [5.74, 6) is 1.58. The van der Waals surface area contributed by atoms with E-state index in [-0.39, 0.29) is 0 Å². The summed E-state index contributed by atoms with van der Waals surface area (Å²) in [5.41, 5.74) is 0. The molecular weight excluding hydrogens is 270 g/mol. The highest BCUT2D eigenvalue weighted by Gasteiger charge is 2.38. The van der Waals surface area contributed by atoms with Gasteiger partial charge in [0.05, 0.1) is 3.79 Å². The van der Waals surface area contributed by atoms with Gasteiger partial charge in [-0.25, -0.2) is 0 Å². The largest absolute Gasteiger partial charge is 0.314 e. The molecule has 3 heteroatoms. The zero-order valence-electron chi connectivity index (χ0n) is 9.29. The van der Waals surface area contributed by atoms with Gasteiger partial charge in [0.15, 0.2) is 0 Å². The fraction of sp³-hybridized carbons (Fsp3) is 0.667. The number of halogens is 1. The topological polar surface area (TPSA) is 12.0 Å². The Balaban J connectivity index is 1.88. The van der Waals surface area contributed by atoms with Gasteiger partial charge in [0.25, 0.3) is 0 Å². The van der Waals surface area contributed by atoms with Crippen LogP contribution in [-0.2, 0) is 0 Å². The maximum Gasteiger partial charge on any atom is 0.0701 e. The van der Waals surface area contributed by atoms with Crippen molar-refractivity contribution < 1.29 is 0 Å². The lowest BCUT2D eigenvalue weighted by Gasteiger charge is -2.43. The zero-order valence-corrected chi connectivity index (χ0v) is 11.7. The van der Waals surface area contributed by atoms with Crippen molar-refractivity contribution in [3.05, 3.63) is 20.8 Å². The molecule has 1 aliphatic carbocycles. The second-order valence-electron chi connectivity index (χ2n) is 4.40. The molecule has 0 radical (unpaired) electrons. The van der Waals surface area contributed by atoms with Gasteiger partial charge >= 0.3 is 0 Å². The standard InChI is InChI=1S/C12H18BrNS/c1-3-6-14-10-7-9(8(10)2)11-4-5-12(13)15-11/h4-5,8-10,14H,3,6-7H2,1-2H3. The molecule has 1 heterocycles. The lowest BCUT2D eigenvalue weighted by atomic mass is 9.69. The molecule has 1 N–H and O–H groups in total. The Kier molecular flexibility index (Phi) is 3.86. The maximum absolute atomic E-state index is 3.62. The normalized spacial score (nSPS) is 30.2. The molecule has 1 aliphatic rings. The van der Waals surface area contributed by atoms with Crippen LogP contribution < -0.4 is 5.32 Å². The number of nitrogens with one attached hydrogen (secondary N) is 1. The third kappa shape index (κ3) is 2.45. The third-order valence-electron chi connectivity index (χ3n) is 3.39. The Morgan fingerprint density at radius 2 is 2.33 bits per heavy atom. The first-order valence-corrected chi connectivity index (χ1v) is 7.32. The smallest absolute Gasteiger partial charge is 0.0701 e. The minimum Gasteiger partial charge on any atom is -0.314 e. The molecule has 0 bridgehead atoms. The molecule has 15 heavy (non-hydrogen) atoms. The van der Waals surface area contributed by atoms with Gasteiger partial charge in [-0.15, -0.1) is 11.3 Å². The Morgan fingerprint density at radius 1 is 1.53 bits per heavy atom. The van der Waals surface area contributed by atoms with Crippen LogP contribution in [0, 0.1) is 5.92 Å². The number of rotatable bonds is 4. The van der Waals surface area contributed by atoms with Crippen LogP contribution in [0.3, 0.4) is 0 Å². The van der Waals surface area contributed by atoms with E-state index < -0.39 is 0 Å². The van der Waals surface area contributed by atoms with Crippen LogP contribution >= 0.6 is 27.3 Å². The van der Waals surface area contributed by atoms with E-state index in [0.29, 0.717) is 0 Å². The highest BCUT2D eigenvalue weighted by atomic mass is 79.9. The second-order valence-corrected chi connectivity index (χ2v) is 6.90. The lowest BCUT2D eigenvalue weighted by molar-refractivity contribution is 0.187. The Hall–Kier alpha value is 0.140.